The van der Waals surface area contributed by atoms with Crippen LogP contribution in [0.25, 0.3) is 0 Å². The first-order valence-corrected chi connectivity index (χ1v) is 9.99. The number of halogens is 3. The van der Waals surface area contributed by atoms with Crippen LogP contribution in [0.1, 0.15) is 46.3 Å². The van der Waals surface area contributed by atoms with E-state index in [1.54, 1.807) is 6.07 Å². The molecule has 0 heterocycles. The molecule has 4 heteroatoms. The highest BCUT2D eigenvalue weighted by Crippen LogP contribution is 2.33. The number of aryl methyl sites for hydroxylation is 2. The second-order valence-corrected chi connectivity index (χ2v) is 7.80. The maximum atomic E-state index is 13.0. The van der Waals surface area contributed by atoms with E-state index < -0.39 is 11.7 Å². The Kier molecular flexibility index (Phi) is 5.46. The summed E-state index contributed by atoms with van der Waals surface area (Å²) >= 11 is 0. The highest BCUT2D eigenvalue weighted by molar-refractivity contribution is 5.44. The Morgan fingerprint density at radius 2 is 1.45 bits per heavy atom. The number of nitrogens with one attached hydrogen (secondary N) is 1. The van der Waals surface area contributed by atoms with Gasteiger partial charge in [-0.3, -0.25) is 0 Å². The Morgan fingerprint density at radius 1 is 0.862 bits per heavy atom. The van der Waals surface area contributed by atoms with Gasteiger partial charge in [0.1, 0.15) is 0 Å². The molecule has 3 aromatic rings. The Labute approximate surface area is 169 Å². The molecule has 3 aromatic carbocycles. The first-order chi connectivity index (χ1) is 13.9. The van der Waals surface area contributed by atoms with Gasteiger partial charge in [-0.25, -0.2) is 0 Å². The van der Waals surface area contributed by atoms with Crippen LogP contribution < -0.4 is 5.32 Å². The van der Waals surface area contributed by atoms with E-state index in [1.165, 1.54) is 34.4 Å². The average Bonchev–Trinajstić information content (AvgIpc) is 2.85. The van der Waals surface area contributed by atoms with Gasteiger partial charge in [-0.2, -0.15) is 13.2 Å². The summed E-state index contributed by atoms with van der Waals surface area (Å²) in [5.74, 6) is 0. The summed E-state index contributed by atoms with van der Waals surface area (Å²) in [6.07, 6.45) is -1.79. The summed E-state index contributed by atoms with van der Waals surface area (Å²) in [6.45, 7) is 2.04. The van der Waals surface area contributed by atoms with E-state index >= 15 is 0 Å². The lowest BCUT2D eigenvalue weighted by Gasteiger charge is -2.26. The van der Waals surface area contributed by atoms with Gasteiger partial charge < -0.3 is 5.32 Å². The largest absolute Gasteiger partial charge is 0.416 e. The molecule has 0 unspecified atom stereocenters. The standard InChI is InChI=1S/C25H24F3N/c1-17(15-18-7-6-10-21(16-18)25(26,27)28)29-24-22-11-4-2-8-19(22)13-14-20-9-3-5-12-23(20)24/h2-12,16-17,24,29H,13-15H2,1H3/t17-/m1/s1. The van der Waals surface area contributed by atoms with Gasteiger partial charge in [-0.05, 0) is 60.1 Å². The zero-order chi connectivity index (χ0) is 20.4. The number of hydrogen-bond acceptors (Lipinski definition) is 1. The summed E-state index contributed by atoms with van der Waals surface area (Å²) < 4.78 is 39.1. The predicted octanol–water partition coefficient (Wildman–Crippen LogP) is 6.11. The molecule has 0 fully saturated rings. The molecule has 1 aliphatic carbocycles. The number of fused-ring (bicyclic) bond motifs is 2. The maximum Gasteiger partial charge on any atom is 0.416 e. The molecule has 1 N–H and O–H groups in total. The average molecular weight is 395 g/mol. The Balaban J connectivity index is 1.61. The summed E-state index contributed by atoms with van der Waals surface area (Å²) in [5, 5.41) is 3.70. The van der Waals surface area contributed by atoms with E-state index in [9.17, 15) is 13.2 Å². The smallest absolute Gasteiger partial charge is 0.303 e. The van der Waals surface area contributed by atoms with Crippen molar-refractivity contribution in [2.24, 2.45) is 0 Å². The van der Waals surface area contributed by atoms with Gasteiger partial charge in [0, 0.05) is 6.04 Å². The van der Waals surface area contributed by atoms with Gasteiger partial charge in [-0.15, -0.1) is 0 Å². The van der Waals surface area contributed by atoms with Crippen molar-refractivity contribution in [1.29, 1.82) is 0 Å². The molecule has 150 valence electrons. The van der Waals surface area contributed by atoms with Crippen LogP contribution in [-0.2, 0) is 25.4 Å². The van der Waals surface area contributed by atoms with Crippen LogP contribution in [0.3, 0.4) is 0 Å². The molecule has 1 nitrogen and oxygen atoms in total. The fourth-order valence-corrected chi connectivity index (χ4v) is 4.28. The molecule has 0 saturated heterocycles. The molecule has 0 radical (unpaired) electrons. The SMILES string of the molecule is C[C@H](Cc1cccc(C(F)(F)F)c1)NC1c2ccccc2CCc2ccccc21. The van der Waals surface area contributed by atoms with Gasteiger partial charge in [0.25, 0.3) is 0 Å². The molecule has 1 atom stereocenters. The van der Waals surface area contributed by atoms with Crippen LogP contribution in [0.5, 0.6) is 0 Å². The van der Waals surface area contributed by atoms with Gasteiger partial charge in [0.2, 0.25) is 0 Å². The first-order valence-electron chi connectivity index (χ1n) is 9.99. The van der Waals surface area contributed by atoms with Crippen LogP contribution in [0, 0.1) is 0 Å². The monoisotopic (exact) mass is 395 g/mol. The van der Waals surface area contributed by atoms with E-state index in [1.807, 2.05) is 6.92 Å². The minimum Gasteiger partial charge on any atom is -0.303 e. The summed E-state index contributed by atoms with van der Waals surface area (Å²) in [5.41, 5.74) is 5.27. The van der Waals surface area contributed by atoms with Crippen molar-refractivity contribution in [3.63, 3.8) is 0 Å². The first kappa shape index (κ1) is 19.7. The van der Waals surface area contributed by atoms with Crippen LogP contribution in [0.4, 0.5) is 13.2 Å². The topological polar surface area (TPSA) is 12.0 Å². The lowest BCUT2D eigenvalue weighted by Crippen LogP contribution is -2.33. The molecule has 0 aliphatic heterocycles. The molecule has 1 aliphatic rings. The number of rotatable bonds is 4. The Bertz CT molecular complexity index is 946. The van der Waals surface area contributed by atoms with Crippen molar-refractivity contribution < 1.29 is 13.2 Å². The van der Waals surface area contributed by atoms with E-state index in [0.29, 0.717) is 12.0 Å². The lowest BCUT2D eigenvalue weighted by molar-refractivity contribution is -0.137. The van der Waals surface area contributed by atoms with Crippen molar-refractivity contribution in [3.05, 3.63) is 106 Å². The Hall–Kier alpha value is -2.59. The molecule has 0 saturated carbocycles. The fraction of sp³-hybridized carbons (Fsp3) is 0.280. The quantitative estimate of drug-likeness (QED) is 0.562. The lowest BCUT2D eigenvalue weighted by atomic mass is 9.93. The molecule has 0 spiro atoms. The van der Waals surface area contributed by atoms with Crippen molar-refractivity contribution in [1.82, 2.24) is 5.32 Å². The molecule has 0 bridgehead atoms. The molecule has 4 rings (SSSR count). The summed E-state index contributed by atoms with van der Waals surface area (Å²) in [6, 6.07) is 22.6. The van der Waals surface area contributed by atoms with E-state index in [4.69, 9.17) is 0 Å². The minimum absolute atomic E-state index is 0.0164. The molecular weight excluding hydrogens is 371 g/mol. The molecule has 0 amide bonds. The zero-order valence-electron chi connectivity index (χ0n) is 16.3. The minimum atomic E-state index is -4.31. The zero-order valence-corrected chi connectivity index (χ0v) is 16.3. The van der Waals surface area contributed by atoms with Crippen molar-refractivity contribution in [2.75, 3.05) is 0 Å². The van der Waals surface area contributed by atoms with Crippen LogP contribution >= 0.6 is 0 Å². The highest BCUT2D eigenvalue weighted by atomic mass is 19.4. The number of hydrogen-bond donors (Lipinski definition) is 1. The third-order valence-corrected chi connectivity index (χ3v) is 5.64. The van der Waals surface area contributed by atoms with E-state index in [0.717, 1.165) is 18.9 Å². The van der Waals surface area contributed by atoms with Crippen molar-refractivity contribution in [3.8, 4) is 0 Å². The summed E-state index contributed by atoms with van der Waals surface area (Å²) in [4.78, 5) is 0. The molecule has 29 heavy (non-hydrogen) atoms. The molecular formula is C25H24F3N. The van der Waals surface area contributed by atoms with Crippen molar-refractivity contribution in [2.45, 2.75) is 44.4 Å². The number of benzene rings is 3. The van der Waals surface area contributed by atoms with Gasteiger partial charge in [0.05, 0.1) is 11.6 Å². The van der Waals surface area contributed by atoms with Gasteiger partial charge >= 0.3 is 6.18 Å². The molecule has 0 aromatic heterocycles. The van der Waals surface area contributed by atoms with Crippen LogP contribution in [0.15, 0.2) is 72.8 Å². The van der Waals surface area contributed by atoms with E-state index in [2.05, 4.69) is 53.8 Å². The van der Waals surface area contributed by atoms with E-state index in [-0.39, 0.29) is 12.1 Å². The second-order valence-electron chi connectivity index (χ2n) is 7.80. The van der Waals surface area contributed by atoms with Gasteiger partial charge in [-0.1, -0.05) is 66.7 Å². The fourth-order valence-electron chi connectivity index (χ4n) is 4.28. The maximum absolute atomic E-state index is 13.0. The third-order valence-electron chi connectivity index (χ3n) is 5.64. The second kappa shape index (κ2) is 8.03. The van der Waals surface area contributed by atoms with Gasteiger partial charge in [0.15, 0.2) is 0 Å². The number of alkyl halides is 3. The van der Waals surface area contributed by atoms with Crippen LogP contribution in [0.2, 0.25) is 0 Å². The Morgan fingerprint density at radius 3 is 2.03 bits per heavy atom. The summed E-state index contributed by atoms with van der Waals surface area (Å²) in [7, 11) is 0. The highest BCUT2D eigenvalue weighted by Gasteiger charge is 2.30. The third kappa shape index (κ3) is 4.38. The van der Waals surface area contributed by atoms with Crippen LogP contribution in [-0.4, -0.2) is 6.04 Å². The predicted molar refractivity (Wildman–Crippen MR) is 110 cm³/mol. The normalized spacial score (nSPS) is 15.3. The van der Waals surface area contributed by atoms with Crippen molar-refractivity contribution >= 4 is 0 Å².